The van der Waals surface area contributed by atoms with Gasteiger partial charge in [-0.05, 0) is 67.2 Å². The number of nitrogens with one attached hydrogen (secondary N) is 1. The highest BCUT2D eigenvalue weighted by Crippen LogP contribution is 2.30. The topological polar surface area (TPSA) is 29.1 Å². The molecule has 1 amide bonds. The fourth-order valence-corrected chi connectivity index (χ4v) is 4.20. The van der Waals surface area contributed by atoms with Crippen LogP contribution in [0.4, 0.5) is 0 Å². The van der Waals surface area contributed by atoms with E-state index in [0.717, 1.165) is 30.8 Å². The minimum Gasteiger partial charge on any atom is -0.352 e. The van der Waals surface area contributed by atoms with Gasteiger partial charge in [-0.3, -0.25) is 4.79 Å². The fourth-order valence-electron chi connectivity index (χ4n) is 3.80. The summed E-state index contributed by atoms with van der Waals surface area (Å²) >= 11 is 6.06. The van der Waals surface area contributed by atoms with E-state index >= 15 is 0 Å². The van der Waals surface area contributed by atoms with Crippen LogP contribution in [0.25, 0.3) is 0 Å². The molecule has 1 N–H and O–H groups in total. The van der Waals surface area contributed by atoms with E-state index in [0.29, 0.717) is 11.8 Å². The summed E-state index contributed by atoms with van der Waals surface area (Å²) in [5.74, 6) is 1.92. The Labute approximate surface area is 132 Å². The minimum atomic E-state index is 0.0728. The Balaban J connectivity index is 1.58. The lowest BCUT2D eigenvalue weighted by Gasteiger charge is -2.30. The normalized spacial score (nSPS) is 24.6. The Bertz CT molecular complexity index is 514. The van der Waals surface area contributed by atoms with Gasteiger partial charge in [0.05, 0.1) is 0 Å². The number of halogens is 1. The average molecular weight is 306 g/mol. The standard InChI is InChI=1S/C18H24ClNO/c19-11-16-4-1-2-5-17(16)12-20-18(21)15-9-8-13-6-3-7-14(13)10-15/h8-10,16-17H,1-7,11-12H2,(H,20,21). The van der Waals surface area contributed by atoms with Gasteiger partial charge in [0.2, 0.25) is 0 Å². The van der Waals surface area contributed by atoms with Crippen molar-refractivity contribution in [3.63, 3.8) is 0 Å². The summed E-state index contributed by atoms with van der Waals surface area (Å²) < 4.78 is 0. The highest BCUT2D eigenvalue weighted by Gasteiger charge is 2.25. The van der Waals surface area contributed by atoms with Crippen LogP contribution in [0.1, 0.15) is 53.6 Å². The van der Waals surface area contributed by atoms with Crippen molar-refractivity contribution in [2.24, 2.45) is 11.8 Å². The van der Waals surface area contributed by atoms with Crippen molar-refractivity contribution in [2.45, 2.75) is 44.9 Å². The number of fused-ring (bicyclic) bond motifs is 1. The zero-order valence-corrected chi connectivity index (χ0v) is 13.3. The molecular formula is C18H24ClNO. The molecule has 1 aromatic rings. The van der Waals surface area contributed by atoms with Crippen LogP contribution >= 0.6 is 11.6 Å². The summed E-state index contributed by atoms with van der Waals surface area (Å²) in [6, 6.07) is 6.18. The van der Waals surface area contributed by atoms with E-state index in [-0.39, 0.29) is 5.91 Å². The number of alkyl halides is 1. The van der Waals surface area contributed by atoms with Gasteiger partial charge in [-0.25, -0.2) is 0 Å². The monoisotopic (exact) mass is 305 g/mol. The molecule has 0 radical (unpaired) electrons. The Hall–Kier alpha value is -1.02. The summed E-state index contributed by atoms with van der Waals surface area (Å²) in [5, 5.41) is 3.13. The first-order chi connectivity index (χ1) is 10.3. The fraction of sp³-hybridized carbons (Fsp3) is 0.611. The first kappa shape index (κ1) is 14.9. The van der Waals surface area contributed by atoms with Gasteiger partial charge in [-0.15, -0.1) is 11.6 Å². The molecule has 2 aliphatic carbocycles. The lowest BCUT2D eigenvalue weighted by Crippen LogP contribution is -2.34. The van der Waals surface area contributed by atoms with E-state index in [2.05, 4.69) is 17.4 Å². The van der Waals surface area contributed by atoms with E-state index in [4.69, 9.17) is 11.6 Å². The maximum absolute atomic E-state index is 12.3. The van der Waals surface area contributed by atoms with Crippen molar-refractivity contribution in [2.75, 3.05) is 12.4 Å². The molecule has 0 saturated heterocycles. The Kier molecular flexibility index (Phi) is 4.84. The molecule has 2 atom stereocenters. The second kappa shape index (κ2) is 6.83. The lowest BCUT2D eigenvalue weighted by molar-refractivity contribution is 0.0936. The Morgan fingerprint density at radius 2 is 1.86 bits per heavy atom. The van der Waals surface area contributed by atoms with Gasteiger partial charge in [-0.1, -0.05) is 18.9 Å². The molecule has 0 aromatic heterocycles. The van der Waals surface area contributed by atoms with E-state index < -0.39 is 0 Å². The third kappa shape index (κ3) is 3.42. The molecule has 0 bridgehead atoms. The zero-order chi connectivity index (χ0) is 14.7. The predicted octanol–water partition coefficient (Wildman–Crippen LogP) is 3.95. The summed E-state index contributed by atoms with van der Waals surface area (Å²) in [4.78, 5) is 12.3. The molecule has 2 nitrogen and oxygen atoms in total. The van der Waals surface area contributed by atoms with Gasteiger partial charge >= 0.3 is 0 Å². The van der Waals surface area contributed by atoms with Gasteiger partial charge in [0.15, 0.2) is 0 Å². The number of hydrogen-bond donors (Lipinski definition) is 1. The molecule has 1 fully saturated rings. The molecule has 0 aliphatic heterocycles. The van der Waals surface area contributed by atoms with Crippen molar-refractivity contribution in [1.82, 2.24) is 5.32 Å². The van der Waals surface area contributed by atoms with Crippen LogP contribution in [0.5, 0.6) is 0 Å². The number of benzene rings is 1. The number of amides is 1. The zero-order valence-electron chi connectivity index (χ0n) is 12.5. The van der Waals surface area contributed by atoms with E-state index in [1.165, 1.54) is 43.2 Å². The molecule has 0 spiro atoms. The second-order valence-electron chi connectivity index (χ2n) is 6.51. The highest BCUT2D eigenvalue weighted by molar-refractivity contribution is 6.18. The minimum absolute atomic E-state index is 0.0728. The van der Waals surface area contributed by atoms with Crippen molar-refractivity contribution < 1.29 is 4.79 Å². The van der Waals surface area contributed by atoms with Crippen LogP contribution in [-0.4, -0.2) is 18.3 Å². The van der Waals surface area contributed by atoms with Crippen LogP contribution in [-0.2, 0) is 12.8 Å². The quantitative estimate of drug-likeness (QED) is 0.839. The summed E-state index contributed by atoms with van der Waals surface area (Å²) in [5.41, 5.74) is 3.59. The van der Waals surface area contributed by atoms with E-state index in [1.54, 1.807) is 0 Å². The van der Waals surface area contributed by atoms with Crippen molar-refractivity contribution >= 4 is 17.5 Å². The van der Waals surface area contributed by atoms with Crippen molar-refractivity contribution in [3.8, 4) is 0 Å². The molecule has 3 heteroatoms. The first-order valence-corrected chi connectivity index (χ1v) is 8.77. The molecule has 1 aromatic carbocycles. The Morgan fingerprint density at radius 3 is 2.67 bits per heavy atom. The van der Waals surface area contributed by atoms with Gasteiger partial charge in [0.25, 0.3) is 5.91 Å². The largest absolute Gasteiger partial charge is 0.352 e. The molecule has 114 valence electrons. The molecule has 2 aliphatic rings. The molecule has 1 saturated carbocycles. The second-order valence-corrected chi connectivity index (χ2v) is 6.81. The number of carbonyl (C=O) groups is 1. The first-order valence-electron chi connectivity index (χ1n) is 8.24. The molecule has 0 heterocycles. The van der Waals surface area contributed by atoms with Gasteiger partial charge in [-0.2, -0.15) is 0 Å². The molecule has 2 unspecified atom stereocenters. The summed E-state index contributed by atoms with van der Waals surface area (Å²) in [6.45, 7) is 0.771. The van der Waals surface area contributed by atoms with Crippen LogP contribution in [0.15, 0.2) is 18.2 Å². The SMILES string of the molecule is O=C(NCC1CCCCC1CCl)c1ccc2c(c1)CCC2. The molecular weight excluding hydrogens is 282 g/mol. The molecule has 21 heavy (non-hydrogen) atoms. The predicted molar refractivity (Wildman–Crippen MR) is 87.0 cm³/mol. The van der Waals surface area contributed by atoms with Crippen LogP contribution in [0, 0.1) is 11.8 Å². The van der Waals surface area contributed by atoms with Crippen molar-refractivity contribution in [1.29, 1.82) is 0 Å². The van der Waals surface area contributed by atoms with Crippen molar-refractivity contribution in [3.05, 3.63) is 34.9 Å². The number of carbonyl (C=O) groups excluding carboxylic acids is 1. The average Bonchev–Trinajstić information content (AvgIpc) is 3.00. The third-order valence-corrected chi connectivity index (χ3v) is 5.55. The third-order valence-electron chi connectivity index (χ3n) is 5.15. The number of aryl methyl sites for hydroxylation is 2. The van der Waals surface area contributed by atoms with E-state index in [9.17, 15) is 4.79 Å². The maximum atomic E-state index is 12.3. The van der Waals surface area contributed by atoms with Gasteiger partial charge in [0.1, 0.15) is 0 Å². The van der Waals surface area contributed by atoms with Gasteiger partial charge < -0.3 is 5.32 Å². The number of rotatable bonds is 4. The molecule has 3 rings (SSSR count). The Morgan fingerprint density at radius 1 is 1.10 bits per heavy atom. The van der Waals surface area contributed by atoms with Gasteiger partial charge in [0, 0.05) is 18.0 Å². The summed E-state index contributed by atoms with van der Waals surface area (Å²) in [7, 11) is 0. The maximum Gasteiger partial charge on any atom is 0.251 e. The summed E-state index contributed by atoms with van der Waals surface area (Å²) in [6.07, 6.45) is 8.47. The van der Waals surface area contributed by atoms with E-state index in [1.807, 2.05) is 6.07 Å². The van der Waals surface area contributed by atoms with Crippen LogP contribution in [0.2, 0.25) is 0 Å². The van der Waals surface area contributed by atoms with Crippen LogP contribution in [0.3, 0.4) is 0 Å². The lowest BCUT2D eigenvalue weighted by atomic mass is 9.80. The highest BCUT2D eigenvalue weighted by atomic mass is 35.5. The number of hydrogen-bond acceptors (Lipinski definition) is 1. The van der Waals surface area contributed by atoms with Crippen LogP contribution < -0.4 is 5.32 Å². The smallest absolute Gasteiger partial charge is 0.251 e.